The Morgan fingerprint density at radius 1 is 1.78 bits per heavy atom. The molecular weight excluding hydrogens is 123 g/mol. The second-order valence-corrected chi connectivity index (χ2v) is 2.40. The lowest BCUT2D eigenvalue weighted by Crippen LogP contribution is -2.12. The molecule has 9 heavy (non-hydrogen) atoms. The van der Waals surface area contributed by atoms with E-state index in [-0.39, 0.29) is 18.8 Å². The molecule has 1 heterocycles. The molecule has 3 atom stereocenters. The minimum atomic E-state index is -0.887. The van der Waals surface area contributed by atoms with E-state index in [1.165, 1.54) is 0 Å². The molecular formula is C6H11FO2. The summed E-state index contributed by atoms with van der Waals surface area (Å²) in [5.41, 5.74) is 0. The van der Waals surface area contributed by atoms with E-state index in [2.05, 4.69) is 0 Å². The number of ether oxygens (including phenoxy) is 1. The molecule has 0 aromatic carbocycles. The van der Waals surface area contributed by atoms with Gasteiger partial charge in [0.25, 0.3) is 0 Å². The van der Waals surface area contributed by atoms with Gasteiger partial charge in [-0.1, -0.05) is 0 Å². The molecule has 0 saturated carbocycles. The summed E-state index contributed by atoms with van der Waals surface area (Å²) in [6.07, 6.45) is -1.14. The SMILES string of the molecule is CC1O[C@H](CO)CC1F. The molecule has 1 aliphatic rings. The number of aliphatic hydroxyl groups is 1. The molecule has 1 N–H and O–H groups in total. The van der Waals surface area contributed by atoms with Gasteiger partial charge in [0.15, 0.2) is 0 Å². The maximum absolute atomic E-state index is 12.5. The van der Waals surface area contributed by atoms with Crippen LogP contribution >= 0.6 is 0 Å². The molecule has 0 amide bonds. The van der Waals surface area contributed by atoms with Crippen molar-refractivity contribution in [3.05, 3.63) is 0 Å². The number of aliphatic hydroxyl groups excluding tert-OH is 1. The molecule has 1 rings (SSSR count). The van der Waals surface area contributed by atoms with E-state index in [4.69, 9.17) is 9.84 Å². The predicted octanol–water partition coefficient (Wildman–Crippen LogP) is 0.494. The highest BCUT2D eigenvalue weighted by molar-refractivity contribution is 4.78. The second-order valence-electron chi connectivity index (χ2n) is 2.40. The van der Waals surface area contributed by atoms with Crippen LogP contribution in [0.1, 0.15) is 13.3 Å². The Labute approximate surface area is 53.6 Å². The smallest absolute Gasteiger partial charge is 0.128 e. The Kier molecular flexibility index (Phi) is 2.03. The van der Waals surface area contributed by atoms with Crippen molar-refractivity contribution in [2.75, 3.05) is 6.61 Å². The van der Waals surface area contributed by atoms with Gasteiger partial charge in [-0.15, -0.1) is 0 Å². The van der Waals surface area contributed by atoms with E-state index in [1.54, 1.807) is 6.92 Å². The fourth-order valence-electron chi connectivity index (χ4n) is 1.00. The van der Waals surface area contributed by atoms with Gasteiger partial charge >= 0.3 is 0 Å². The fourth-order valence-corrected chi connectivity index (χ4v) is 1.00. The molecule has 2 nitrogen and oxygen atoms in total. The van der Waals surface area contributed by atoms with E-state index in [0.717, 1.165) is 0 Å². The second kappa shape index (κ2) is 2.62. The maximum Gasteiger partial charge on any atom is 0.128 e. The van der Waals surface area contributed by atoms with Gasteiger partial charge in [-0.2, -0.15) is 0 Å². The van der Waals surface area contributed by atoms with E-state index >= 15 is 0 Å². The Hall–Kier alpha value is -0.150. The number of hydrogen-bond acceptors (Lipinski definition) is 2. The van der Waals surface area contributed by atoms with Crippen LogP contribution in [-0.4, -0.2) is 30.1 Å². The van der Waals surface area contributed by atoms with Crippen LogP contribution in [-0.2, 0) is 4.74 Å². The summed E-state index contributed by atoms with van der Waals surface area (Å²) >= 11 is 0. The zero-order valence-electron chi connectivity index (χ0n) is 5.38. The van der Waals surface area contributed by atoms with Crippen LogP contribution in [0.2, 0.25) is 0 Å². The van der Waals surface area contributed by atoms with Gasteiger partial charge in [-0.25, -0.2) is 4.39 Å². The van der Waals surface area contributed by atoms with E-state index < -0.39 is 6.17 Å². The lowest BCUT2D eigenvalue weighted by atomic mass is 10.2. The summed E-state index contributed by atoms with van der Waals surface area (Å²) in [6, 6.07) is 0. The van der Waals surface area contributed by atoms with Crippen LogP contribution in [0.25, 0.3) is 0 Å². The summed E-state index contributed by atoms with van der Waals surface area (Å²) in [7, 11) is 0. The average molecular weight is 134 g/mol. The van der Waals surface area contributed by atoms with Crippen LogP contribution in [0.4, 0.5) is 4.39 Å². The summed E-state index contributed by atoms with van der Waals surface area (Å²) < 4.78 is 17.5. The number of halogens is 1. The summed E-state index contributed by atoms with van der Waals surface area (Å²) in [4.78, 5) is 0. The lowest BCUT2D eigenvalue weighted by Gasteiger charge is -2.05. The quantitative estimate of drug-likeness (QED) is 0.565. The van der Waals surface area contributed by atoms with Gasteiger partial charge in [0.2, 0.25) is 0 Å². The van der Waals surface area contributed by atoms with Gasteiger partial charge in [0.05, 0.1) is 18.8 Å². The van der Waals surface area contributed by atoms with E-state index in [9.17, 15) is 4.39 Å². The predicted molar refractivity (Wildman–Crippen MR) is 30.9 cm³/mol. The van der Waals surface area contributed by atoms with E-state index in [1.807, 2.05) is 0 Å². The third kappa shape index (κ3) is 1.40. The van der Waals surface area contributed by atoms with Gasteiger partial charge < -0.3 is 9.84 Å². The monoisotopic (exact) mass is 134 g/mol. The third-order valence-electron chi connectivity index (χ3n) is 1.61. The largest absolute Gasteiger partial charge is 0.394 e. The van der Waals surface area contributed by atoms with Crippen molar-refractivity contribution in [1.29, 1.82) is 0 Å². The van der Waals surface area contributed by atoms with Crippen LogP contribution < -0.4 is 0 Å². The Morgan fingerprint density at radius 2 is 2.44 bits per heavy atom. The number of alkyl halides is 1. The molecule has 1 saturated heterocycles. The fraction of sp³-hybridized carbons (Fsp3) is 1.00. The molecule has 1 aliphatic heterocycles. The summed E-state index contributed by atoms with van der Waals surface area (Å²) in [5, 5.41) is 8.51. The Bertz CT molecular complexity index is 87.1. The van der Waals surface area contributed by atoms with Crippen LogP contribution in [0.3, 0.4) is 0 Å². The molecule has 0 aromatic rings. The van der Waals surface area contributed by atoms with Crippen molar-refractivity contribution in [3.8, 4) is 0 Å². The van der Waals surface area contributed by atoms with Crippen molar-refractivity contribution in [1.82, 2.24) is 0 Å². The molecule has 3 heteroatoms. The maximum atomic E-state index is 12.5. The van der Waals surface area contributed by atoms with Gasteiger partial charge in [-0.05, 0) is 6.92 Å². The lowest BCUT2D eigenvalue weighted by molar-refractivity contribution is 0.0110. The normalized spacial score (nSPS) is 43.7. The zero-order valence-corrected chi connectivity index (χ0v) is 5.38. The Morgan fingerprint density at radius 3 is 2.67 bits per heavy atom. The number of rotatable bonds is 1. The zero-order chi connectivity index (χ0) is 6.85. The average Bonchev–Trinajstić information content (AvgIpc) is 2.13. The highest BCUT2D eigenvalue weighted by atomic mass is 19.1. The van der Waals surface area contributed by atoms with Gasteiger partial charge in [-0.3, -0.25) is 0 Å². The van der Waals surface area contributed by atoms with Gasteiger partial charge in [0, 0.05) is 6.42 Å². The Balaban J connectivity index is 2.35. The first kappa shape index (κ1) is 6.96. The molecule has 0 radical (unpaired) electrons. The van der Waals surface area contributed by atoms with Crippen molar-refractivity contribution < 1.29 is 14.2 Å². The topological polar surface area (TPSA) is 29.5 Å². The summed E-state index contributed by atoms with van der Waals surface area (Å²) in [5.74, 6) is 0. The minimum Gasteiger partial charge on any atom is -0.394 e. The molecule has 1 fully saturated rings. The van der Waals surface area contributed by atoms with Crippen LogP contribution in [0.15, 0.2) is 0 Å². The van der Waals surface area contributed by atoms with Gasteiger partial charge in [0.1, 0.15) is 6.17 Å². The van der Waals surface area contributed by atoms with Crippen LogP contribution in [0.5, 0.6) is 0 Å². The van der Waals surface area contributed by atoms with Crippen LogP contribution in [0, 0.1) is 0 Å². The first-order valence-electron chi connectivity index (χ1n) is 3.14. The number of hydrogen-bond donors (Lipinski definition) is 1. The minimum absolute atomic E-state index is 0.0647. The molecule has 0 aliphatic carbocycles. The molecule has 0 aromatic heterocycles. The molecule has 0 bridgehead atoms. The first-order chi connectivity index (χ1) is 4.24. The van der Waals surface area contributed by atoms with Crippen molar-refractivity contribution in [3.63, 3.8) is 0 Å². The summed E-state index contributed by atoms with van der Waals surface area (Å²) in [6.45, 7) is 1.62. The van der Waals surface area contributed by atoms with Crippen molar-refractivity contribution in [2.45, 2.75) is 31.7 Å². The molecule has 0 spiro atoms. The first-order valence-corrected chi connectivity index (χ1v) is 3.14. The standard InChI is InChI=1S/C6H11FO2/c1-4-6(7)2-5(3-8)9-4/h4-6,8H,2-3H2,1H3/t4?,5-,6?/m0/s1. The molecule has 2 unspecified atom stereocenters. The van der Waals surface area contributed by atoms with Crippen molar-refractivity contribution >= 4 is 0 Å². The highest BCUT2D eigenvalue weighted by Crippen LogP contribution is 2.21. The molecule has 54 valence electrons. The van der Waals surface area contributed by atoms with Crippen molar-refractivity contribution in [2.24, 2.45) is 0 Å². The highest BCUT2D eigenvalue weighted by Gasteiger charge is 2.31. The van der Waals surface area contributed by atoms with E-state index in [0.29, 0.717) is 6.42 Å². The third-order valence-corrected chi connectivity index (χ3v) is 1.61.